The molecule has 0 aliphatic rings. The van der Waals surface area contributed by atoms with E-state index < -0.39 is 0 Å². The monoisotopic (exact) mass is 235 g/mol. The molecular weight excluding hydrogens is 218 g/mol. The van der Waals surface area contributed by atoms with Crippen LogP contribution in [0.25, 0.3) is 0 Å². The summed E-state index contributed by atoms with van der Waals surface area (Å²) < 4.78 is 6.92. The van der Waals surface area contributed by atoms with Gasteiger partial charge in [-0.15, -0.1) is 0 Å². The molecule has 0 bridgehead atoms. The molecule has 0 saturated carbocycles. The predicted molar refractivity (Wildman–Crippen MR) is 62.2 cm³/mol. The Morgan fingerprint density at radius 3 is 2.88 bits per heavy atom. The summed E-state index contributed by atoms with van der Waals surface area (Å²) in [5, 5.41) is 11.4. The number of rotatable bonds is 4. The minimum absolute atomic E-state index is 0.0744. The lowest BCUT2D eigenvalue weighted by molar-refractivity contribution is 0.357. The summed E-state index contributed by atoms with van der Waals surface area (Å²) in [6.07, 6.45) is 3.15. The number of hydrogen-bond acceptors (Lipinski definition) is 5. The molecule has 0 spiro atoms. The normalized spacial score (nSPS) is 11.9. The van der Waals surface area contributed by atoms with Crippen molar-refractivity contribution in [2.24, 2.45) is 0 Å². The molecule has 0 saturated heterocycles. The summed E-state index contributed by atoms with van der Waals surface area (Å²) >= 11 is 0. The summed E-state index contributed by atoms with van der Waals surface area (Å²) in [4.78, 5) is 3.87. The van der Waals surface area contributed by atoms with Crippen LogP contribution in [0.2, 0.25) is 0 Å². The highest BCUT2D eigenvalue weighted by molar-refractivity contribution is 5.05. The van der Waals surface area contributed by atoms with E-state index in [1.165, 1.54) is 6.33 Å². The molecule has 2 rings (SSSR count). The Balaban J connectivity index is 1.92. The first-order valence-electron chi connectivity index (χ1n) is 5.55. The average Bonchev–Trinajstić information content (AvgIpc) is 2.86. The van der Waals surface area contributed by atoms with Gasteiger partial charge in [-0.3, -0.25) is 0 Å². The van der Waals surface area contributed by atoms with Crippen LogP contribution in [-0.2, 0) is 13.1 Å². The van der Waals surface area contributed by atoms with Crippen LogP contribution in [0, 0.1) is 0 Å². The van der Waals surface area contributed by atoms with Crippen molar-refractivity contribution in [2.75, 3.05) is 0 Å². The van der Waals surface area contributed by atoms with Crippen molar-refractivity contribution >= 4 is 0 Å². The van der Waals surface area contributed by atoms with Crippen LogP contribution in [-0.4, -0.2) is 25.5 Å². The van der Waals surface area contributed by atoms with Crippen molar-refractivity contribution in [3.8, 4) is 0 Å². The van der Waals surface area contributed by atoms with Gasteiger partial charge in [0.05, 0.1) is 5.69 Å². The van der Waals surface area contributed by atoms with Crippen molar-refractivity contribution < 1.29 is 4.52 Å². The van der Waals surface area contributed by atoms with Gasteiger partial charge in [-0.25, -0.2) is 9.67 Å². The number of aromatic nitrogens is 4. The zero-order valence-electron chi connectivity index (χ0n) is 10.3. The third-order valence-corrected chi connectivity index (χ3v) is 2.19. The number of nitrogens with one attached hydrogen (secondary N) is 1. The van der Waals surface area contributed by atoms with Gasteiger partial charge in [0.25, 0.3) is 0 Å². The van der Waals surface area contributed by atoms with Gasteiger partial charge in [0.15, 0.2) is 5.76 Å². The molecule has 1 N–H and O–H groups in total. The number of nitrogens with zero attached hydrogens (tertiary/aromatic N) is 4. The first-order chi connectivity index (χ1) is 8.03. The molecule has 0 atom stereocenters. The molecule has 2 aromatic rings. The largest absolute Gasteiger partial charge is 0.359 e. The van der Waals surface area contributed by atoms with E-state index >= 15 is 0 Å². The molecule has 0 radical (unpaired) electrons. The predicted octanol–water partition coefficient (Wildman–Crippen LogP) is 1.20. The molecule has 0 unspecified atom stereocenters. The Morgan fingerprint density at radius 2 is 2.24 bits per heavy atom. The smallest absolute Gasteiger partial charge is 0.158 e. The van der Waals surface area contributed by atoms with Crippen LogP contribution in [0.4, 0.5) is 0 Å². The van der Waals surface area contributed by atoms with Crippen molar-refractivity contribution in [3.05, 3.63) is 30.2 Å². The fourth-order valence-corrected chi connectivity index (χ4v) is 1.34. The molecule has 0 aliphatic carbocycles. The molecule has 0 aliphatic heterocycles. The van der Waals surface area contributed by atoms with E-state index in [9.17, 15) is 0 Å². The standard InChI is InChI=1S/C11H17N5O/c1-11(2,3)13-5-9-4-10(17-15-9)6-16-8-12-7-14-16/h4,7-8,13H,5-6H2,1-3H3. The van der Waals surface area contributed by atoms with Crippen LogP contribution < -0.4 is 5.32 Å². The summed E-state index contributed by atoms with van der Waals surface area (Å²) in [6, 6.07) is 1.93. The fraction of sp³-hybridized carbons (Fsp3) is 0.545. The molecule has 92 valence electrons. The van der Waals surface area contributed by atoms with E-state index in [0.717, 1.165) is 11.5 Å². The first-order valence-corrected chi connectivity index (χ1v) is 5.55. The second-order valence-electron chi connectivity index (χ2n) is 4.98. The second-order valence-corrected chi connectivity index (χ2v) is 4.98. The Labute approximate surface area is 100 Å². The van der Waals surface area contributed by atoms with E-state index in [-0.39, 0.29) is 5.54 Å². The molecule has 2 aromatic heterocycles. The molecular formula is C11H17N5O. The summed E-state index contributed by atoms with van der Waals surface area (Å²) in [5.74, 6) is 0.779. The maximum absolute atomic E-state index is 5.22. The summed E-state index contributed by atoms with van der Waals surface area (Å²) in [6.45, 7) is 7.60. The molecule has 17 heavy (non-hydrogen) atoms. The SMILES string of the molecule is CC(C)(C)NCc1cc(Cn2cncn2)on1. The van der Waals surface area contributed by atoms with E-state index in [4.69, 9.17) is 4.52 Å². The molecule has 6 heteroatoms. The molecule has 0 fully saturated rings. The van der Waals surface area contributed by atoms with Crippen LogP contribution in [0.1, 0.15) is 32.2 Å². The minimum Gasteiger partial charge on any atom is -0.359 e. The van der Waals surface area contributed by atoms with Crippen molar-refractivity contribution in [3.63, 3.8) is 0 Å². The van der Waals surface area contributed by atoms with Gasteiger partial charge < -0.3 is 9.84 Å². The lowest BCUT2D eigenvalue weighted by atomic mass is 10.1. The fourth-order valence-electron chi connectivity index (χ4n) is 1.34. The van der Waals surface area contributed by atoms with E-state index in [1.807, 2.05) is 6.07 Å². The van der Waals surface area contributed by atoms with Gasteiger partial charge in [0, 0.05) is 18.2 Å². The highest BCUT2D eigenvalue weighted by atomic mass is 16.5. The Bertz CT molecular complexity index is 454. The van der Waals surface area contributed by atoms with Crippen molar-refractivity contribution in [1.82, 2.24) is 25.2 Å². The highest BCUT2D eigenvalue weighted by Crippen LogP contribution is 2.07. The molecule has 0 aromatic carbocycles. The summed E-state index contributed by atoms with van der Waals surface area (Å²) in [5.41, 5.74) is 0.973. The highest BCUT2D eigenvalue weighted by Gasteiger charge is 2.11. The van der Waals surface area contributed by atoms with Crippen LogP contribution in [0.15, 0.2) is 23.2 Å². The van der Waals surface area contributed by atoms with Crippen LogP contribution >= 0.6 is 0 Å². The zero-order chi connectivity index (χ0) is 12.3. The first kappa shape index (κ1) is 11.8. The Hall–Kier alpha value is -1.69. The third kappa shape index (κ3) is 3.67. The van der Waals surface area contributed by atoms with Gasteiger partial charge in [-0.1, -0.05) is 5.16 Å². The van der Waals surface area contributed by atoms with Crippen LogP contribution in [0.5, 0.6) is 0 Å². The van der Waals surface area contributed by atoms with Crippen molar-refractivity contribution in [2.45, 2.75) is 39.4 Å². The maximum atomic E-state index is 5.22. The van der Waals surface area contributed by atoms with Gasteiger partial charge in [0.2, 0.25) is 0 Å². The van der Waals surface area contributed by atoms with Gasteiger partial charge in [-0.2, -0.15) is 5.10 Å². The topological polar surface area (TPSA) is 68.8 Å². The third-order valence-electron chi connectivity index (χ3n) is 2.19. The van der Waals surface area contributed by atoms with Gasteiger partial charge in [0.1, 0.15) is 19.2 Å². The zero-order valence-corrected chi connectivity index (χ0v) is 10.3. The van der Waals surface area contributed by atoms with E-state index in [2.05, 4.69) is 41.3 Å². The summed E-state index contributed by atoms with van der Waals surface area (Å²) in [7, 11) is 0. The van der Waals surface area contributed by atoms with Crippen molar-refractivity contribution in [1.29, 1.82) is 0 Å². The van der Waals surface area contributed by atoms with Crippen LogP contribution in [0.3, 0.4) is 0 Å². The molecule has 6 nitrogen and oxygen atoms in total. The number of hydrogen-bond donors (Lipinski definition) is 1. The second kappa shape index (κ2) is 4.67. The molecule has 2 heterocycles. The Kier molecular flexibility index (Phi) is 3.23. The van der Waals surface area contributed by atoms with Gasteiger partial charge >= 0.3 is 0 Å². The quantitative estimate of drug-likeness (QED) is 0.862. The Morgan fingerprint density at radius 1 is 1.41 bits per heavy atom. The van der Waals surface area contributed by atoms with E-state index in [0.29, 0.717) is 13.1 Å². The average molecular weight is 235 g/mol. The molecule has 0 amide bonds. The lowest BCUT2D eigenvalue weighted by Gasteiger charge is -2.19. The van der Waals surface area contributed by atoms with Gasteiger partial charge in [-0.05, 0) is 20.8 Å². The minimum atomic E-state index is 0.0744. The lowest BCUT2D eigenvalue weighted by Crippen LogP contribution is -2.35. The maximum Gasteiger partial charge on any atom is 0.158 e. The van der Waals surface area contributed by atoms with E-state index in [1.54, 1.807) is 11.0 Å².